The van der Waals surface area contributed by atoms with Crippen LogP contribution in [0.2, 0.25) is 0 Å². The molecular weight excluding hydrogens is 330 g/mol. The van der Waals surface area contributed by atoms with Gasteiger partial charge in [-0.3, -0.25) is 4.79 Å². The molecule has 0 fully saturated rings. The molecule has 0 radical (unpaired) electrons. The van der Waals surface area contributed by atoms with Crippen molar-refractivity contribution in [2.75, 3.05) is 12.4 Å². The summed E-state index contributed by atoms with van der Waals surface area (Å²) in [5.41, 5.74) is 3.67. The van der Waals surface area contributed by atoms with E-state index in [0.717, 1.165) is 27.0 Å². The summed E-state index contributed by atoms with van der Waals surface area (Å²) in [6, 6.07) is 5.64. The molecular formula is C16H17N3O2S2. The van der Waals surface area contributed by atoms with E-state index in [0.29, 0.717) is 6.54 Å². The fourth-order valence-electron chi connectivity index (χ4n) is 2.35. The van der Waals surface area contributed by atoms with Gasteiger partial charge in [-0.15, -0.1) is 0 Å². The molecule has 0 saturated carbocycles. The van der Waals surface area contributed by atoms with Gasteiger partial charge in [-0.1, -0.05) is 11.3 Å². The average Bonchev–Trinajstić information content (AvgIpc) is 3.10. The first-order valence-electron chi connectivity index (χ1n) is 7.09. The molecule has 1 aromatic carbocycles. The van der Waals surface area contributed by atoms with Gasteiger partial charge in [0.1, 0.15) is 0 Å². The highest BCUT2D eigenvalue weighted by atomic mass is 32.1. The standard InChI is InChI=1S/C16H17N3O2S2/c1-10-6-13-14(23-16(21)19(13)3)7-12(10)17-15(20)18(2)8-11-4-5-22-9-11/h4-7,9H,8H2,1-3H3,(H,17,20). The predicted octanol–water partition coefficient (Wildman–Crippen LogP) is 3.63. The molecule has 7 heteroatoms. The first-order valence-corrected chi connectivity index (χ1v) is 8.85. The van der Waals surface area contributed by atoms with Gasteiger partial charge in [0, 0.05) is 26.3 Å². The van der Waals surface area contributed by atoms with Crippen molar-refractivity contribution in [3.63, 3.8) is 0 Å². The highest BCUT2D eigenvalue weighted by Crippen LogP contribution is 2.25. The number of amides is 2. The number of nitrogens with zero attached hydrogens (tertiary/aromatic N) is 2. The Labute approximate surface area is 141 Å². The lowest BCUT2D eigenvalue weighted by Gasteiger charge is -2.18. The lowest BCUT2D eigenvalue weighted by atomic mass is 10.2. The number of thiazole rings is 1. The average molecular weight is 347 g/mol. The lowest BCUT2D eigenvalue weighted by molar-refractivity contribution is 0.220. The van der Waals surface area contributed by atoms with Crippen molar-refractivity contribution < 1.29 is 4.79 Å². The number of urea groups is 1. The summed E-state index contributed by atoms with van der Waals surface area (Å²) in [6.07, 6.45) is 0. The van der Waals surface area contributed by atoms with E-state index in [4.69, 9.17) is 0 Å². The van der Waals surface area contributed by atoms with Crippen LogP contribution in [0.3, 0.4) is 0 Å². The van der Waals surface area contributed by atoms with Crippen LogP contribution < -0.4 is 10.2 Å². The number of benzene rings is 1. The zero-order chi connectivity index (χ0) is 16.6. The molecule has 1 N–H and O–H groups in total. The number of hydrogen-bond donors (Lipinski definition) is 1. The summed E-state index contributed by atoms with van der Waals surface area (Å²) in [4.78, 5) is 25.7. The van der Waals surface area contributed by atoms with Crippen LogP contribution in [0.1, 0.15) is 11.1 Å². The van der Waals surface area contributed by atoms with Gasteiger partial charge < -0.3 is 14.8 Å². The van der Waals surface area contributed by atoms with Crippen molar-refractivity contribution >= 4 is 44.6 Å². The van der Waals surface area contributed by atoms with E-state index in [2.05, 4.69) is 5.32 Å². The second kappa shape index (κ2) is 6.17. The third kappa shape index (κ3) is 3.16. The number of anilines is 1. The molecule has 120 valence electrons. The Morgan fingerprint density at radius 3 is 2.87 bits per heavy atom. The second-order valence-corrected chi connectivity index (χ2v) is 7.25. The SMILES string of the molecule is Cc1cc2c(cc1NC(=O)N(C)Cc1ccsc1)sc(=O)n2C. The molecule has 0 spiro atoms. The smallest absolute Gasteiger partial charge is 0.321 e. The number of fused-ring (bicyclic) bond motifs is 1. The van der Waals surface area contributed by atoms with Crippen LogP contribution in [0.25, 0.3) is 10.2 Å². The van der Waals surface area contributed by atoms with Gasteiger partial charge in [-0.2, -0.15) is 11.3 Å². The van der Waals surface area contributed by atoms with Gasteiger partial charge in [0.05, 0.1) is 10.2 Å². The highest BCUT2D eigenvalue weighted by Gasteiger charge is 2.13. The molecule has 2 amide bonds. The minimum absolute atomic E-state index is 0.00236. The van der Waals surface area contributed by atoms with Crippen LogP contribution in [0.5, 0.6) is 0 Å². The molecule has 0 aliphatic heterocycles. The molecule has 0 bridgehead atoms. The van der Waals surface area contributed by atoms with Crippen LogP contribution in [0.15, 0.2) is 33.8 Å². The van der Waals surface area contributed by atoms with Crippen molar-refractivity contribution in [2.45, 2.75) is 13.5 Å². The lowest BCUT2D eigenvalue weighted by Crippen LogP contribution is -2.30. The topological polar surface area (TPSA) is 54.3 Å². The fraction of sp³-hybridized carbons (Fsp3) is 0.250. The van der Waals surface area contributed by atoms with Gasteiger partial charge in [-0.25, -0.2) is 4.79 Å². The number of carbonyl (C=O) groups excluding carboxylic acids is 1. The van der Waals surface area contributed by atoms with Crippen LogP contribution in [-0.4, -0.2) is 22.5 Å². The van der Waals surface area contributed by atoms with Crippen molar-refractivity contribution in [3.8, 4) is 0 Å². The first kappa shape index (κ1) is 15.8. The normalized spacial score (nSPS) is 10.9. The minimum atomic E-state index is -0.165. The maximum absolute atomic E-state index is 12.4. The largest absolute Gasteiger partial charge is 0.323 e. The highest BCUT2D eigenvalue weighted by molar-refractivity contribution is 7.16. The summed E-state index contributed by atoms with van der Waals surface area (Å²) in [5, 5.41) is 6.96. The molecule has 0 saturated heterocycles. The van der Waals surface area contributed by atoms with E-state index in [1.54, 1.807) is 34.9 Å². The van der Waals surface area contributed by atoms with E-state index in [9.17, 15) is 9.59 Å². The zero-order valence-electron chi connectivity index (χ0n) is 13.1. The Morgan fingerprint density at radius 2 is 2.17 bits per heavy atom. The summed E-state index contributed by atoms with van der Waals surface area (Å²) >= 11 is 2.80. The number of carbonyl (C=O) groups is 1. The van der Waals surface area contributed by atoms with Gasteiger partial charge in [0.15, 0.2) is 0 Å². The molecule has 0 aliphatic rings. The molecule has 3 rings (SSSR count). The molecule has 0 atom stereocenters. The monoisotopic (exact) mass is 347 g/mol. The second-order valence-electron chi connectivity index (χ2n) is 5.48. The number of aryl methyl sites for hydroxylation is 2. The van der Waals surface area contributed by atoms with Crippen molar-refractivity contribution in [1.29, 1.82) is 0 Å². The molecule has 3 aromatic rings. The number of rotatable bonds is 3. The zero-order valence-corrected chi connectivity index (χ0v) is 14.8. The van der Waals surface area contributed by atoms with E-state index in [1.807, 2.05) is 35.9 Å². The van der Waals surface area contributed by atoms with Crippen molar-refractivity contribution in [2.24, 2.45) is 7.05 Å². The molecule has 0 aliphatic carbocycles. The summed E-state index contributed by atoms with van der Waals surface area (Å²) in [6.45, 7) is 2.49. The Morgan fingerprint density at radius 1 is 1.39 bits per heavy atom. The number of nitrogens with one attached hydrogen (secondary N) is 1. The number of aromatic nitrogens is 1. The Hall–Kier alpha value is -2.12. The van der Waals surface area contributed by atoms with Crippen LogP contribution in [-0.2, 0) is 13.6 Å². The molecule has 0 unspecified atom stereocenters. The summed E-state index contributed by atoms with van der Waals surface area (Å²) in [7, 11) is 3.52. The minimum Gasteiger partial charge on any atom is -0.323 e. The maximum atomic E-state index is 12.4. The van der Waals surface area contributed by atoms with Crippen LogP contribution >= 0.6 is 22.7 Å². The van der Waals surface area contributed by atoms with E-state index in [-0.39, 0.29) is 10.9 Å². The van der Waals surface area contributed by atoms with E-state index < -0.39 is 0 Å². The fourth-order valence-corrected chi connectivity index (χ4v) is 3.91. The van der Waals surface area contributed by atoms with Gasteiger partial charge in [0.2, 0.25) is 0 Å². The first-order chi connectivity index (χ1) is 11.0. The van der Waals surface area contributed by atoms with Gasteiger partial charge >= 0.3 is 10.9 Å². The van der Waals surface area contributed by atoms with Crippen LogP contribution in [0.4, 0.5) is 10.5 Å². The molecule has 5 nitrogen and oxygen atoms in total. The molecule has 23 heavy (non-hydrogen) atoms. The molecule has 2 aromatic heterocycles. The van der Waals surface area contributed by atoms with E-state index >= 15 is 0 Å². The third-order valence-corrected chi connectivity index (χ3v) is 5.45. The van der Waals surface area contributed by atoms with Crippen molar-refractivity contribution in [1.82, 2.24) is 9.47 Å². The number of thiophene rings is 1. The predicted molar refractivity (Wildman–Crippen MR) is 96.6 cm³/mol. The maximum Gasteiger partial charge on any atom is 0.321 e. The van der Waals surface area contributed by atoms with Gasteiger partial charge in [-0.05, 0) is 47.0 Å². The van der Waals surface area contributed by atoms with Crippen LogP contribution in [0, 0.1) is 6.92 Å². The summed E-state index contributed by atoms with van der Waals surface area (Å²) < 4.78 is 2.50. The Kier molecular flexibility index (Phi) is 4.23. The third-order valence-electron chi connectivity index (χ3n) is 3.73. The summed E-state index contributed by atoms with van der Waals surface area (Å²) in [5.74, 6) is 0. The Bertz CT molecular complexity index is 909. The van der Waals surface area contributed by atoms with E-state index in [1.165, 1.54) is 11.3 Å². The quantitative estimate of drug-likeness (QED) is 0.786. The Balaban J connectivity index is 1.81. The van der Waals surface area contributed by atoms with Crippen molar-refractivity contribution in [3.05, 3.63) is 49.8 Å². The van der Waals surface area contributed by atoms with Gasteiger partial charge in [0.25, 0.3) is 0 Å². The molecule has 2 heterocycles. The number of hydrogen-bond acceptors (Lipinski definition) is 4.